The molecular weight excluding hydrogens is 296 g/mol. The van der Waals surface area contributed by atoms with E-state index in [1.54, 1.807) is 0 Å². The van der Waals surface area contributed by atoms with E-state index in [9.17, 15) is 0 Å². The quantitative estimate of drug-likeness (QED) is 0.523. The van der Waals surface area contributed by atoms with Crippen LogP contribution in [0.15, 0.2) is 48.5 Å². The van der Waals surface area contributed by atoms with Crippen LogP contribution < -0.4 is 15.8 Å². The van der Waals surface area contributed by atoms with Gasteiger partial charge in [0.2, 0.25) is 0 Å². The predicted octanol–water partition coefficient (Wildman–Crippen LogP) is 4.59. The Labute approximate surface area is 146 Å². The Bertz CT molecular complexity index is 610. The minimum Gasteiger partial charge on any atom is -0.491 e. The molecule has 2 aromatic rings. The summed E-state index contributed by atoms with van der Waals surface area (Å²) in [6, 6.07) is 17.1. The van der Waals surface area contributed by atoms with Crippen molar-refractivity contribution in [3.63, 3.8) is 0 Å². The molecule has 2 rings (SSSR count). The lowest BCUT2D eigenvalue weighted by molar-refractivity contribution is 0.272. The summed E-state index contributed by atoms with van der Waals surface area (Å²) < 4.78 is 5.72. The molecule has 0 radical (unpaired) electrons. The van der Waals surface area contributed by atoms with E-state index in [1.165, 1.54) is 11.1 Å². The molecule has 0 aromatic heterocycles. The van der Waals surface area contributed by atoms with E-state index >= 15 is 0 Å². The second-order valence-electron chi connectivity index (χ2n) is 6.77. The van der Waals surface area contributed by atoms with Crippen LogP contribution >= 0.6 is 0 Å². The fourth-order valence-corrected chi connectivity index (χ4v) is 2.61. The van der Waals surface area contributed by atoms with E-state index in [0.717, 1.165) is 30.8 Å². The van der Waals surface area contributed by atoms with Gasteiger partial charge in [-0.3, -0.25) is 0 Å². The second kappa shape index (κ2) is 9.33. The molecule has 24 heavy (non-hydrogen) atoms. The summed E-state index contributed by atoms with van der Waals surface area (Å²) in [5, 5.41) is 3.57. The van der Waals surface area contributed by atoms with Crippen molar-refractivity contribution < 1.29 is 4.74 Å². The summed E-state index contributed by atoms with van der Waals surface area (Å²) in [4.78, 5) is 0. The lowest BCUT2D eigenvalue weighted by Crippen LogP contribution is -2.20. The molecule has 130 valence electrons. The fourth-order valence-electron chi connectivity index (χ4n) is 2.61. The van der Waals surface area contributed by atoms with Gasteiger partial charge in [-0.2, -0.15) is 0 Å². The van der Waals surface area contributed by atoms with Crippen LogP contribution in [-0.4, -0.2) is 13.2 Å². The highest BCUT2D eigenvalue weighted by atomic mass is 16.5. The largest absolute Gasteiger partial charge is 0.491 e. The van der Waals surface area contributed by atoms with Crippen LogP contribution in [0.4, 0.5) is 5.69 Å². The zero-order valence-electron chi connectivity index (χ0n) is 15.1. The first-order valence-corrected chi connectivity index (χ1v) is 8.85. The predicted molar refractivity (Wildman–Crippen MR) is 102 cm³/mol. The van der Waals surface area contributed by atoms with Crippen molar-refractivity contribution >= 4 is 5.69 Å². The summed E-state index contributed by atoms with van der Waals surface area (Å²) in [5.41, 5.74) is 9.42. The van der Waals surface area contributed by atoms with Crippen molar-refractivity contribution in [2.45, 2.75) is 39.7 Å². The lowest BCUT2D eigenvalue weighted by atomic mass is 10.1. The number of hydrogen-bond acceptors (Lipinski definition) is 3. The number of nitrogens with one attached hydrogen (secondary N) is 1. The summed E-state index contributed by atoms with van der Waals surface area (Å²) in [6.07, 6.45) is 2.10. The molecule has 0 spiro atoms. The van der Waals surface area contributed by atoms with Gasteiger partial charge in [0.15, 0.2) is 0 Å². The first-order valence-electron chi connectivity index (χ1n) is 8.85. The smallest absolute Gasteiger partial charge is 0.142 e. The first-order chi connectivity index (χ1) is 11.6. The van der Waals surface area contributed by atoms with Crippen LogP contribution in [0.1, 0.15) is 44.4 Å². The number of hydrogen-bond donors (Lipinski definition) is 2. The highest BCUT2D eigenvalue weighted by Crippen LogP contribution is 2.23. The molecule has 1 unspecified atom stereocenters. The Kier molecular flexibility index (Phi) is 7.13. The van der Waals surface area contributed by atoms with E-state index in [0.29, 0.717) is 18.6 Å². The van der Waals surface area contributed by atoms with Crippen LogP contribution in [0.3, 0.4) is 0 Å². The highest BCUT2D eigenvalue weighted by Gasteiger charge is 2.05. The molecular formula is C21H30N2O. The topological polar surface area (TPSA) is 47.3 Å². The molecule has 0 amide bonds. The van der Waals surface area contributed by atoms with Crippen molar-refractivity contribution in [1.29, 1.82) is 0 Å². The van der Waals surface area contributed by atoms with Gasteiger partial charge in [-0.05, 0) is 55.5 Å². The molecule has 3 nitrogen and oxygen atoms in total. The average molecular weight is 326 g/mol. The van der Waals surface area contributed by atoms with Gasteiger partial charge in [-0.1, -0.05) is 50.2 Å². The van der Waals surface area contributed by atoms with Crippen LogP contribution in [0, 0.1) is 5.92 Å². The van der Waals surface area contributed by atoms with Crippen molar-refractivity contribution in [1.82, 2.24) is 5.32 Å². The minimum absolute atomic E-state index is 0.378. The fraction of sp³-hybridized carbons (Fsp3) is 0.429. The molecule has 0 aliphatic carbocycles. The van der Waals surface area contributed by atoms with Crippen LogP contribution in [0.25, 0.3) is 0 Å². The van der Waals surface area contributed by atoms with Gasteiger partial charge in [0.05, 0.1) is 12.3 Å². The van der Waals surface area contributed by atoms with Crippen molar-refractivity contribution in [2.24, 2.45) is 5.92 Å². The van der Waals surface area contributed by atoms with Gasteiger partial charge >= 0.3 is 0 Å². The summed E-state index contributed by atoms with van der Waals surface area (Å²) in [5.74, 6) is 1.30. The normalized spacial score (nSPS) is 12.3. The van der Waals surface area contributed by atoms with Gasteiger partial charge in [0, 0.05) is 6.04 Å². The number of nitrogens with two attached hydrogens (primary N) is 1. The molecule has 0 saturated heterocycles. The van der Waals surface area contributed by atoms with Crippen LogP contribution in [0.2, 0.25) is 0 Å². The van der Waals surface area contributed by atoms with Gasteiger partial charge < -0.3 is 15.8 Å². The highest BCUT2D eigenvalue weighted by molar-refractivity contribution is 5.54. The Hall–Kier alpha value is -2.00. The third-order valence-electron chi connectivity index (χ3n) is 4.04. The first kappa shape index (κ1) is 18.3. The number of benzene rings is 2. The Morgan fingerprint density at radius 1 is 1.04 bits per heavy atom. The molecule has 0 heterocycles. The summed E-state index contributed by atoms with van der Waals surface area (Å²) in [7, 11) is 0. The maximum atomic E-state index is 6.10. The van der Waals surface area contributed by atoms with Crippen molar-refractivity contribution in [3.05, 3.63) is 59.7 Å². The van der Waals surface area contributed by atoms with E-state index < -0.39 is 0 Å². The zero-order valence-corrected chi connectivity index (χ0v) is 15.1. The third-order valence-corrected chi connectivity index (χ3v) is 4.04. The maximum absolute atomic E-state index is 6.10. The molecule has 2 aromatic carbocycles. The Balaban J connectivity index is 1.75. The monoisotopic (exact) mass is 326 g/mol. The maximum Gasteiger partial charge on any atom is 0.142 e. The Morgan fingerprint density at radius 2 is 1.79 bits per heavy atom. The molecule has 3 heteroatoms. The lowest BCUT2D eigenvalue weighted by Gasteiger charge is -2.14. The SMILES string of the molecule is CC(C)COc1ccc(CCCNC(C)c2ccccc2)cc1N. The van der Waals surface area contributed by atoms with Gasteiger partial charge in [0.25, 0.3) is 0 Å². The van der Waals surface area contributed by atoms with Crippen molar-refractivity contribution in [2.75, 3.05) is 18.9 Å². The van der Waals surface area contributed by atoms with E-state index in [2.05, 4.69) is 62.5 Å². The standard InChI is InChI=1S/C21H30N2O/c1-16(2)15-24-21-12-11-18(14-20(21)22)8-7-13-23-17(3)19-9-5-4-6-10-19/h4-6,9-12,14,16-17,23H,7-8,13,15,22H2,1-3H3. The van der Waals surface area contributed by atoms with Crippen molar-refractivity contribution in [3.8, 4) is 5.75 Å². The molecule has 0 aliphatic rings. The van der Waals surface area contributed by atoms with E-state index in [4.69, 9.17) is 10.5 Å². The molecule has 0 saturated carbocycles. The summed E-state index contributed by atoms with van der Waals surface area (Å²) in [6.45, 7) is 8.16. The molecule has 0 fully saturated rings. The van der Waals surface area contributed by atoms with Crippen LogP contribution in [0.5, 0.6) is 5.75 Å². The average Bonchev–Trinajstić information content (AvgIpc) is 2.58. The Morgan fingerprint density at radius 3 is 2.46 bits per heavy atom. The number of ether oxygens (including phenoxy) is 1. The number of nitrogen functional groups attached to an aromatic ring is 1. The zero-order chi connectivity index (χ0) is 17.4. The van der Waals surface area contributed by atoms with E-state index in [1.807, 2.05) is 12.1 Å². The molecule has 0 aliphatic heterocycles. The van der Waals surface area contributed by atoms with Crippen LogP contribution in [-0.2, 0) is 6.42 Å². The van der Waals surface area contributed by atoms with Gasteiger partial charge in [-0.25, -0.2) is 0 Å². The minimum atomic E-state index is 0.378. The van der Waals surface area contributed by atoms with Gasteiger partial charge in [0.1, 0.15) is 5.75 Å². The number of rotatable bonds is 9. The third kappa shape index (κ3) is 5.89. The number of anilines is 1. The molecule has 1 atom stereocenters. The number of aryl methyl sites for hydroxylation is 1. The molecule has 3 N–H and O–H groups in total. The summed E-state index contributed by atoms with van der Waals surface area (Å²) >= 11 is 0. The second-order valence-corrected chi connectivity index (χ2v) is 6.77. The van der Waals surface area contributed by atoms with Gasteiger partial charge in [-0.15, -0.1) is 0 Å². The van der Waals surface area contributed by atoms with E-state index in [-0.39, 0.29) is 0 Å². The molecule has 0 bridgehead atoms.